The van der Waals surface area contributed by atoms with E-state index in [1.807, 2.05) is 12.1 Å². The summed E-state index contributed by atoms with van der Waals surface area (Å²) in [7, 11) is 4.32. The maximum absolute atomic E-state index is 12.4. The number of carbonyl (C=O) groups is 2. The zero-order chi connectivity index (χ0) is 25.9. The van der Waals surface area contributed by atoms with Crippen LogP contribution in [0, 0.1) is 5.92 Å². The number of fused-ring (bicyclic) bond motifs is 3. The molecule has 0 bridgehead atoms. The lowest BCUT2D eigenvalue weighted by Gasteiger charge is -2.36. The molecule has 5 heteroatoms. The summed E-state index contributed by atoms with van der Waals surface area (Å²) in [6.45, 7) is 11.3. The van der Waals surface area contributed by atoms with Gasteiger partial charge in [-0.15, -0.1) is 0 Å². The molecule has 5 nitrogen and oxygen atoms in total. The second-order valence-electron chi connectivity index (χ2n) is 11.1. The first kappa shape index (κ1) is 24.4. The molecule has 2 aliphatic rings. The molecule has 5 rings (SSSR count). The van der Waals surface area contributed by atoms with Gasteiger partial charge in [0.15, 0.2) is 11.6 Å². The lowest BCUT2D eigenvalue weighted by atomic mass is 9.83. The summed E-state index contributed by atoms with van der Waals surface area (Å²) < 4.78 is 4.66. The van der Waals surface area contributed by atoms with Crippen molar-refractivity contribution in [3.8, 4) is 11.3 Å². The minimum Gasteiger partial charge on any atom is -0.342 e. The van der Waals surface area contributed by atoms with Crippen LogP contribution >= 0.6 is 0 Å². The van der Waals surface area contributed by atoms with E-state index in [0.29, 0.717) is 30.4 Å². The quantitative estimate of drug-likeness (QED) is 0.309. The summed E-state index contributed by atoms with van der Waals surface area (Å²) in [5.74, 6) is 1.57. The average molecular weight is 484 g/mol. The van der Waals surface area contributed by atoms with E-state index in [9.17, 15) is 9.59 Å². The summed E-state index contributed by atoms with van der Waals surface area (Å²) >= 11 is 0. The van der Waals surface area contributed by atoms with Crippen LogP contribution in [-0.4, -0.2) is 26.7 Å². The van der Waals surface area contributed by atoms with E-state index < -0.39 is 0 Å². The van der Waals surface area contributed by atoms with E-state index in [0.717, 1.165) is 12.1 Å². The highest BCUT2D eigenvalue weighted by Crippen LogP contribution is 2.54. The molecule has 1 aromatic carbocycles. The fourth-order valence-electron chi connectivity index (χ4n) is 6.39. The Balaban J connectivity index is 1.77. The largest absolute Gasteiger partial charge is 0.342 e. The number of Topliss-reactive ketones (excluding diaryl/α,β-unsaturated/α-hetero) is 2. The third kappa shape index (κ3) is 3.43. The SMILES string of the molecule is CCC(C(C)C)N1/C(=C/C=C2C(=O)CCC2=O)C(C)(C)c2c1n(C)c1cc(-c3ccccc3)n(C)c21. The molecule has 188 valence electrons. The summed E-state index contributed by atoms with van der Waals surface area (Å²) in [6, 6.07) is 13.1. The van der Waals surface area contributed by atoms with Gasteiger partial charge in [-0.1, -0.05) is 65.0 Å². The van der Waals surface area contributed by atoms with Crippen LogP contribution in [0.1, 0.15) is 59.4 Å². The summed E-state index contributed by atoms with van der Waals surface area (Å²) in [6.07, 6.45) is 5.50. The van der Waals surface area contributed by atoms with Crippen LogP contribution in [0.5, 0.6) is 0 Å². The molecule has 1 aliphatic carbocycles. The third-order valence-electron chi connectivity index (χ3n) is 8.28. The highest BCUT2D eigenvalue weighted by molar-refractivity contribution is 6.25. The van der Waals surface area contributed by atoms with Crippen molar-refractivity contribution in [2.75, 3.05) is 4.90 Å². The molecule has 0 N–H and O–H groups in total. The Morgan fingerprint density at radius 1 is 0.972 bits per heavy atom. The van der Waals surface area contributed by atoms with E-state index in [1.165, 1.54) is 33.7 Å². The van der Waals surface area contributed by atoms with Gasteiger partial charge in [-0.25, -0.2) is 0 Å². The molecule has 0 spiro atoms. The Morgan fingerprint density at radius 2 is 1.61 bits per heavy atom. The first-order chi connectivity index (χ1) is 17.1. The molecule has 36 heavy (non-hydrogen) atoms. The Labute approximate surface area is 214 Å². The van der Waals surface area contributed by atoms with Crippen LogP contribution in [-0.2, 0) is 29.1 Å². The minimum atomic E-state index is -0.307. The molecular formula is C31H37N3O2. The standard InChI is InChI=1S/C31H37N3O2/c1-8-22(19(2)3)34-27(17-14-21-25(35)15-16-26(21)36)31(4,5)28-29-24(33(7)30(28)34)18-23(32(29)6)20-12-10-9-11-13-20/h9-14,17-19,22H,8,15-16H2,1-7H3/b27-17+. The van der Waals surface area contributed by atoms with Crippen molar-refractivity contribution in [1.29, 1.82) is 0 Å². The van der Waals surface area contributed by atoms with Crippen molar-refractivity contribution in [1.82, 2.24) is 9.13 Å². The van der Waals surface area contributed by atoms with Gasteiger partial charge in [-0.3, -0.25) is 9.59 Å². The molecule has 0 saturated heterocycles. The van der Waals surface area contributed by atoms with Crippen LogP contribution in [0.3, 0.4) is 0 Å². The molecule has 1 atom stereocenters. The first-order valence-corrected chi connectivity index (χ1v) is 13.1. The van der Waals surface area contributed by atoms with Gasteiger partial charge in [0.25, 0.3) is 0 Å². The van der Waals surface area contributed by atoms with Crippen molar-refractivity contribution in [3.05, 3.63) is 65.4 Å². The van der Waals surface area contributed by atoms with Crippen molar-refractivity contribution < 1.29 is 9.59 Å². The van der Waals surface area contributed by atoms with E-state index in [2.05, 4.69) is 93.1 Å². The van der Waals surface area contributed by atoms with Crippen LogP contribution in [0.2, 0.25) is 0 Å². The third-order valence-corrected chi connectivity index (χ3v) is 8.28. The van der Waals surface area contributed by atoms with Crippen LogP contribution in [0.25, 0.3) is 22.3 Å². The monoisotopic (exact) mass is 483 g/mol. The number of anilines is 1. The number of nitrogens with zero attached hydrogens (tertiary/aromatic N) is 3. The number of carbonyl (C=O) groups excluding carboxylic acids is 2. The summed E-state index contributed by atoms with van der Waals surface area (Å²) in [4.78, 5) is 27.2. The van der Waals surface area contributed by atoms with E-state index >= 15 is 0 Å². The lowest BCUT2D eigenvalue weighted by Crippen LogP contribution is -2.39. The van der Waals surface area contributed by atoms with Crippen LogP contribution in [0.15, 0.2) is 59.8 Å². The predicted octanol–water partition coefficient (Wildman–Crippen LogP) is 6.46. The molecule has 1 unspecified atom stereocenters. The molecule has 2 aromatic heterocycles. The van der Waals surface area contributed by atoms with Crippen LogP contribution < -0.4 is 4.90 Å². The normalized spacial score (nSPS) is 19.3. The zero-order valence-corrected chi connectivity index (χ0v) is 22.6. The number of hydrogen-bond donors (Lipinski definition) is 0. The van der Waals surface area contributed by atoms with Crippen LogP contribution in [0.4, 0.5) is 5.82 Å². The van der Waals surface area contributed by atoms with Gasteiger partial charge in [-0.2, -0.15) is 0 Å². The van der Waals surface area contributed by atoms with Gasteiger partial charge in [-0.05, 0) is 36.1 Å². The Bertz CT molecular complexity index is 1410. The zero-order valence-electron chi connectivity index (χ0n) is 22.6. The minimum absolute atomic E-state index is 0.0371. The van der Waals surface area contributed by atoms with Gasteiger partial charge >= 0.3 is 0 Å². The van der Waals surface area contributed by atoms with Crippen molar-refractivity contribution in [2.45, 2.75) is 65.3 Å². The van der Waals surface area contributed by atoms with Crippen molar-refractivity contribution in [3.63, 3.8) is 0 Å². The summed E-state index contributed by atoms with van der Waals surface area (Å²) in [5, 5.41) is 0. The van der Waals surface area contributed by atoms with Gasteiger partial charge < -0.3 is 14.0 Å². The number of benzene rings is 1. The van der Waals surface area contributed by atoms with Gasteiger partial charge in [0.2, 0.25) is 0 Å². The topological polar surface area (TPSA) is 47.2 Å². The second kappa shape index (κ2) is 8.65. The smallest absolute Gasteiger partial charge is 0.166 e. The number of aryl methyl sites for hydroxylation is 2. The van der Waals surface area contributed by atoms with E-state index in [4.69, 9.17) is 0 Å². The van der Waals surface area contributed by atoms with Crippen molar-refractivity contribution >= 4 is 28.4 Å². The molecule has 1 saturated carbocycles. The van der Waals surface area contributed by atoms with Crippen molar-refractivity contribution in [2.24, 2.45) is 20.0 Å². The van der Waals surface area contributed by atoms with E-state index in [1.54, 1.807) is 6.08 Å². The Kier molecular flexibility index (Phi) is 5.85. The maximum atomic E-state index is 12.4. The molecule has 1 aliphatic heterocycles. The summed E-state index contributed by atoms with van der Waals surface area (Å²) in [5.41, 5.74) is 7.34. The number of allylic oxidation sites excluding steroid dienone is 4. The number of aromatic nitrogens is 2. The molecular weight excluding hydrogens is 446 g/mol. The maximum Gasteiger partial charge on any atom is 0.166 e. The Morgan fingerprint density at radius 3 is 2.19 bits per heavy atom. The van der Waals surface area contributed by atoms with Gasteiger partial charge in [0.05, 0.1) is 22.3 Å². The molecule has 3 heterocycles. The Hall–Kier alpha value is -3.34. The highest BCUT2D eigenvalue weighted by Gasteiger charge is 2.47. The first-order valence-electron chi connectivity index (χ1n) is 13.1. The molecule has 0 amide bonds. The number of hydrogen-bond acceptors (Lipinski definition) is 3. The van der Waals surface area contributed by atoms with Gasteiger partial charge in [0, 0.05) is 49.7 Å². The molecule has 1 fully saturated rings. The van der Waals surface area contributed by atoms with Gasteiger partial charge in [0.1, 0.15) is 5.82 Å². The average Bonchev–Trinajstić information content (AvgIpc) is 3.50. The fraction of sp³-hybridized carbons (Fsp3) is 0.419. The second-order valence-corrected chi connectivity index (χ2v) is 11.1. The highest BCUT2D eigenvalue weighted by atomic mass is 16.2. The fourth-order valence-corrected chi connectivity index (χ4v) is 6.39. The lowest BCUT2D eigenvalue weighted by molar-refractivity contribution is -0.116. The number of rotatable bonds is 5. The molecule has 0 radical (unpaired) electrons. The predicted molar refractivity (Wildman–Crippen MR) is 147 cm³/mol. The number of ketones is 2. The molecule has 3 aromatic rings. The van der Waals surface area contributed by atoms with E-state index in [-0.39, 0.29) is 17.0 Å².